The maximum absolute atomic E-state index is 10.7. The van der Waals surface area contributed by atoms with Crippen molar-refractivity contribution >= 4 is 70.0 Å². The zero-order valence-corrected chi connectivity index (χ0v) is 32.9. The largest absolute Gasteiger partial charge is 2.00 e. The van der Waals surface area contributed by atoms with E-state index in [1.807, 2.05) is 0 Å². The summed E-state index contributed by atoms with van der Waals surface area (Å²) in [5, 5.41) is 42.0. The summed E-state index contributed by atoms with van der Waals surface area (Å²) in [6.07, 6.45) is 36.3. The first-order chi connectivity index (χ1) is 22.1. The molecular formula is C38H60Mg2O8. The summed E-state index contributed by atoms with van der Waals surface area (Å²) in [5.41, 5.74) is -0.707. The van der Waals surface area contributed by atoms with E-state index < -0.39 is 23.9 Å². The Balaban J connectivity index is -0.000000387. The van der Waals surface area contributed by atoms with Crippen molar-refractivity contribution in [1.82, 2.24) is 0 Å². The van der Waals surface area contributed by atoms with Crippen molar-refractivity contribution in [2.24, 2.45) is 0 Å². The summed E-state index contributed by atoms with van der Waals surface area (Å²) in [5.74, 6) is -6.04. The van der Waals surface area contributed by atoms with Crippen LogP contribution in [-0.4, -0.2) is 70.0 Å². The summed E-state index contributed by atoms with van der Waals surface area (Å²) >= 11 is 0. The number of carbonyl (C=O) groups excluding carboxylic acids is 4. The van der Waals surface area contributed by atoms with Crippen LogP contribution in [0.2, 0.25) is 0 Å². The minimum Gasteiger partial charge on any atom is -0.545 e. The average Bonchev–Trinajstić information content (AvgIpc) is 3.00. The molecule has 0 aromatic carbocycles. The monoisotopic (exact) mass is 692 g/mol. The maximum Gasteiger partial charge on any atom is 2.00 e. The third-order valence-electron chi connectivity index (χ3n) is 7.56. The van der Waals surface area contributed by atoms with Crippen LogP contribution in [-0.2, 0) is 19.2 Å². The van der Waals surface area contributed by atoms with Gasteiger partial charge < -0.3 is 39.6 Å². The Bertz CT molecular complexity index is 852. The van der Waals surface area contributed by atoms with Gasteiger partial charge in [0.25, 0.3) is 0 Å². The van der Waals surface area contributed by atoms with Gasteiger partial charge in [-0.25, -0.2) is 0 Å². The summed E-state index contributed by atoms with van der Waals surface area (Å²) in [6, 6.07) is 0. The molecular weight excluding hydrogens is 633 g/mol. The van der Waals surface area contributed by atoms with Crippen molar-refractivity contribution in [2.75, 3.05) is 0 Å². The van der Waals surface area contributed by atoms with Gasteiger partial charge in [-0.05, 0) is 49.0 Å². The van der Waals surface area contributed by atoms with E-state index in [2.05, 4.69) is 13.8 Å². The van der Waals surface area contributed by atoms with Gasteiger partial charge in [-0.15, -0.1) is 0 Å². The topological polar surface area (TPSA) is 161 Å². The molecule has 0 saturated heterocycles. The number of hydrogen-bond acceptors (Lipinski definition) is 8. The average molecular weight is 694 g/mol. The van der Waals surface area contributed by atoms with E-state index in [0.29, 0.717) is 12.2 Å². The summed E-state index contributed by atoms with van der Waals surface area (Å²) in [7, 11) is 0. The van der Waals surface area contributed by atoms with Crippen molar-refractivity contribution in [3.05, 3.63) is 47.6 Å². The molecule has 0 aromatic heterocycles. The second-order valence-electron chi connectivity index (χ2n) is 11.9. The van der Waals surface area contributed by atoms with E-state index in [9.17, 15) is 39.6 Å². The first-order valence-corrected chi connectivity index (χ1v) is 17.8. The number of carboxylic acids is 4. The van der Waals surface area contributed by atoms with Crippen molar-refractivity contribution < 1.29 is 39.6 Å². The molecule has 0 aliphatic rings. The summed E-state index contributed by atoms with van der Waals surface area (Å²) < 4.78 is 0. The second-order valence-corrected chi connectivity index (χ2v) is 11.9. The summed E-state index contributed by atoms with van der Waals surface area (Å²) in [6.45, 7) is 4.46. The second kappa shape index (κ2) is 41.5. The Morgan fingerprint density at radius 2 is 0.625 bits per heavy atom. The van der Waals surface area contributed by atoms with Crippen molar-refractivity contribution in [3.63, 3.8) is 0 Å². The van der Waals surface area contributed by atoms with Gasteiger partial charge in [-0.2, -0.15) is 0 Å². The van der Waals surface area contributed by atoms with Crippen LogP contribution in [0.1, 0.15) is 168 Å². The van der Waals surface area contributed by atoms with Crippen molar-refractivity contribution in [2.45, 2.75) is 168 Å². The minimum atomic E-state index is -1.52. The normalized spacial score (nSPS) is 11.5. The Morgan fingerprint density at radius 3 is 0.833 bits per heavy atom. The van der Waals surface area contributed by atoms with Gasteiger partial charge in [0.05, 0.1) is 23.9 Å². The molecule has 0 heterocycles. The Kier molecular flexibility index (Phi) is 46.0. The van der Waals surface area contributed by atoms with Gasteiger partial charge in [-0.3, -0.25) is 0 Å². The first kappa shape index (κ1) is 53.2. The van der Waals surface area contributed by atoms with Crippen molar-refractivity contribution in [1.29, 1.82) is 0 Å². The fourth-order valence-corrected chi connectivity index (χ4v) is 4.88. The van der Waals surface area contributed by atoms with Gasteiger partial charge in [0, 0.05) is 0 Å². The molecule has 0 aromatic rings. The molecule has 264 valence electrons. The van der Waals surface area contributed by atoms with Gasteiger partial charge in [-0.1, -0.05) is 167 Å². The van der Waals surface area contributed by atoms with Crippen LogP contribution in [0.5, 0.6) is 0 Å². The molecule has 0 aliphatic carbocycles. The number of carboxylic acid groups (broad SMARTS) is 4. The van der Waals surface area contributed by atoms with Gasteiger partial charge in [0.15, 0.2) is 0 Å². The number of aliphatic carboxylic acids is 4. The number of unbranched alkanes of at least 4 members (excludes halogenated alkanes) is 22. The predicted octanol–water partition coefficient (Wildman–Crippen LogP) is 4.58. The van der Waals surface area contributed by atoms with Crippen LogP contribution < -0.4 is 20.4 Å². The van der Waals surface area contributed by atoms with E-state index in [1.165, 1.54) is 128 Å². The molecule has 0 saturated carbocycles. The Morgan fingerprint density at radius 1 is 0.396 bits per heavy atom. The van der Waals surface area contributed by atoms with Gasteiger partial charge in [0.2, 0.25) is 0 Å². The third kappa shape index (κ3) is 42.4. The number of rotatable bonds is 30. The van der Waals surface area contributed by atoms with Crippen LogP contribution in [0.4, 0.5) is 0 Å². The molecule has 48 heavy (non-hydrogen) atoms. The molecule has 0 bridgehead atoms. The van der Waals surface area contributed by atoms with Crippen LogP contribution >= 0.6 is 0 Å². The standard InChI is InChI=1S/2C19H32O4.2Mg/c2*1-2-3-4-5-6-7-8-9-10-11-12-13-14-15-17(19(22)23)16-18(20)21;;/h2*14-16H,2-13H2,1H3,(H,20,21)(H,22,23);;/q;;2*+2/p-4/b2*15-14+,17-16-;;. The molecule has 8 nitrogen and oxygen atoms in total. The zero-order valence-electron chi connectivity index (χ0n) is 30.1. The van der Waals surface area contributed by atoms with E-state index >= 15 is 0 Å². The van der Waals surface area contributed by atoms with Gasteiger partial charge in [0.1, 0.15) is 0 Å². The van der Waals surface area contributed by atoms with E-state index in [-0.39, 0.29) is 57.3 Å². The zero-order chi connectivity index (χ0) is 34.7. The Hall–Kier alpha value is -1.63. The predicted molar refractivity (Wildman–Crippen MR) is 188 cm³/mol. The van der Waals surface area contributed by atoms with Crippen LogP contribution in [0.15, 0.2) is 47.6 Å². The fraction of sp³-hybridized carbons (Fsp3) is 0.684. The smallest absolute Gasteiger partial charge is 0.545 e. The number of hydrogen-bond donors (Lipinski definition) is 0. The summed E-state index contributed by atoms with van der Waals surface area (Å²) in [4.78, 5) is 42.0. The van der Waals surface area contributed by atoms with Crippen LogP contribution in [0, 0.1) is 0 Å². The van der Waals surface area contributed by atoms with E-state index in [1.54, 1.807) is 12.2 Å². The maximum atomic E-state index is 10.7. The molecule has 0 radical (unpaired) electrons. The van der Waals surface area contributed by atoms with E-state index in [4.69, 9.17) is 0 Å². The SMILES string of the molecule is CCCCCCCCCCCCC/C=C/C(=C/C(=O)[O-])C(=O)[O-].CCCCCCCCCCCCC/C=C/C(=C/C(=O)[O-])C(=O)[O-].[Mg+2].[Mg+2]. The molecule has 0 rings (SSSR count). The molecule has 0 atom stereocenters. The quantitative estimate of drug-likeness (QED) is 0.0458. The molecule has 0 aliphatic heterocycles. The molecule has 10 heteroatoms. The van der Waals surface area contributed by atoms with Crippen molar-refractivity contribution in [3.8, 4) is 0 Å². The number of allylic oxidation sites excluding steroid dienone is 2. The van der Waals surface area contributed by atoms with Gasteiger partial charge >= 0.3 is 46.1 Å². The first-order valence-electron chi connectivity index (χ1n) is 17.8. The van der Waals surface area contributed by atoms with Crippen LogP contribution in [0.25, 0.3) is 0 Å². The molecule has 0 amide bonds. The Labute approximate surface area is 323 Å². The van der Waals surface area contributed by atoms with Crippen LogP contribution in [0.3, 0.4) is 0 Å². The molecule has 0 N–H and O–H groups in total. The molecule has 0 unspecified atom stereocenters. The molecule has 0 spiro atoms. The fourth-order valence-electron chi connectivity index (χ4n) is 4.88. The minimum absolute atomic E-state index is 0. The number of carbonyl (C=O) groups is 4. The van der Waals surface area contributed by atoms with E-state index in [0.717, 1.165) is 38.5 Å². The molecule has 0 fully saturated rings. The third-order valence-corrected chi connectivity index (χ3v) is 7.56.